The molecule has 1 heterocycles. The van der Waals surface area contributed by atoms with Gasteiger partial charge in [0.15, 0.2) is 0 Å². The summed E-state index contributed by atoms with van der Waals surface area (Å²) in [5.74, 6) is -0.0302. The summed E-state index contributed by atoms with van der Waals surface area (Å²) in [5, 5.41) is 6.20. The lowest BCUT2D eigenvalue weighted by atomic mass is 9.82. The molecule has 1 amide bonds. The van der Waals surface area contributed by atoms with E-state index in [2.05, 4.69) is 45.3 Å². The van der Waals surface area contributed by atoms with Gasteiger partial charge in [0.1, 0.15) is 6.61 Å². The normalized spacial score (nSPS) is 19.2. The van der Waals surface area contributed by atoms with E-state index in [0.29, 0.717) is 0 Å². The minimum atomic E-state index is -0.197. The van der Waals surface area contributed by atoms with Gasteiger partial charge in [-0.2, -0.15) is 0 Å². The molecule has 18 heavy (non-hydrogen) atoms. The minimum absolute atomic E-state index is 0.0302. The fraction of sp³-hybridized carbons (Fsp3) is 0.929. The van der Waals surface area contributed by atoms with Crippen molar-refractivity contribution in [2.24, 2.45) is 5.41 Å². The molecule has 106 valence electrons. The molecule has 2 N–H and O–H groups in total. The predicted octanol–water partition coefficient (Wildman–Crippen LogP) is 1.70. The maximum Gasteiger partial charge on any atom is 0.246 e. The number of carbonyl (C=O) groups is 1. The molecule has 0 aromatic heterocycles. The molecule has 1 aliphatic heterocycles. The van der Waals surface area contributed by atoms with Gasteiger partial charge in [-0.1, -0.05) is 20.8 Å². The Labute approximate surface area is 111 Å². The van der Waals surface area contributed by atoms with E-state index >= 15 is 0 Å². The van der Waals surface area contributed by atoms with Gasteiger partial charge >= 0.3 is 0 Å². The first-order valence-corrected chi connectivity index (χ1v) is 6.67. The Kier molecular flexibility index (Phi) is 4.44. The molecule has 1 rings (SSSR count). The summed E-state index contributed by atoms with van der Waals surface area (Å²) < 4.78 is 5.63. The lowest BCUT2D eigenvalue weighted by molar-refractivity contribution is -0.137. The minimum Gasteiger partial charge on any atom is -0.363 e. The Balaban J connectivity index is 2.34. The molecule has 0 aromatic carbocycles. The van der Waals surface area contributed by atoms with Crippen LogP contribution in [0.3, 0.4) is 0 Å². The Hall–Kier alpha value is -0.610. The van der Waals surface area contributed by atoms with Crippen molar-refractivity contribution in [3.63, 3.8) is 0 Å². The first-order valence-electron chi connectivity index (χ1n) is 6.67. The number of amides is 1. The third kappa shape index (κ3) is 5.36. The van der Waals surface area contributed by atoms with Crippen LogP contribution in [0.5, 0.6) is 0 Å². The smallest absolute Gasteiger partial charge is 0.246 e. The van der Waals surface area contributed by atoms with Crippen molar-refractivity contribution in [2.75, 3.05) is 19.7 Å². The van der Waals surface area contributed by atoms with Crippen molar-refractivity contribution in [1.29, 1.82) is 0 Å². The van der Waals surface area contributed by atoms with Crippen molar-refractivity contribution in [3.8, 4) is 0 Å². The van der Waals surface area contributed by atoms with Crippen molar-refractivity contribution in [3.05, 3.63) is 0 Å². The van der Waals surface area contributed by atoms with Gasteiger partial charge in [-0.3, -0.25) is 4.79 Å². The summed E-state index contributed by atoms with van der Waals surface area (Å²) in [5.41, 5.74) is -0.162. The number of carbonyl (C=O) groups excluding carboxylic acids is 1. The van der Waals surface area contributed by atoms with Crippen LogP contribution in [0.15, 0.2) is 0 Å². The van der Waals surface area contributed by atoms with E-state index in [4.69, 9.17) is 4.74 Å². The molecular formula is C14H28N2O2. The standard InChI is InChI=1S/C14H28N2O2/c1-12(2,3)8-13(4,5)16-11(17)7-18-14(6)9-15-10-14/h15H,7-10H2,1-6H3,(H,16,17). The number of nitrogens with one attached hydrogen (secondary N) is 2. The summed E-state index contributed by atoms with van der Waals surface area (Å²) in [6.45, 7) is 14.5. The Morgan fingerprint density at radius 3 is 2.22 bits per heavy atom. The van der Waals surface area contributed by atoms with E-state index in [0.717, 1.165) is 19.5 Å². The maximum absolute atomic E-state index is 11.9. The lowest BCUT2D eigenvalue weighted by Crippen LogP contribution is -2.60. The first-order chi connectivity index (χ1) is 8.02. The fourth-order valence-corrected chi connectivity index (χ4v) is 2.60. The van der Waals surface area contributed by atoms with E-state index in [1.807, 2.05) is 6.92 Å². The second-order valence-electron chi connectivity index (χ2n) is 7.51. The van der Waals surface area contributed by atoms with E-state index in [9.17, 15) is 4.79 Å². The summed E-state index contributed by atoms with van der Waals surface area (Å²) in [4.78, 5) is 11.9. The molecule has 1 saturated heterocycles. The molecule has 0 atom stereocenters. The molecule has 0 bridgehead atoms. The zero-order valence-electron chi connectivity index (χ0n) is 12.6. The summed E-state index contributed by atoms with van der Waals surface area (Å²) in [6, 6.07) is 0. The molecule has 4 heteroatoms. The zero-order chi connectivity index (χ0) is 14.0. The average molecular weight is 256 g/mol. The van der Waals surface area contributed by atoms with Gasteiger partial charge in [0.05, 0.1) is 5.60 Å². The van der Waals surface area contributed by atoms with Gasteiger partial charge in [-0.15, -0.1) is 0 Å². The summed E-state index contributed by atoms with van der Waals surface area (Å²) >= 11 is 0. The molecule has 0 aromatic rings. The Morgan fingerprint density at radius 1 is 1.28 bits per heavy atom. The van der Waals surface area contributed by atoms with E-state index in [1.165, 1.54) is 0 Å². The van der Waals surface area contributed by atoms with Gasteiger partial charge < -0.3 is 15.4 Å². The lowest BCUT2D eigenvalue weighted by Gasteiger charge is -2.39. The van der Waals surface area contributed by atoms with Crippen LogP contribution in [0.4, 0.5) is 0 Å². The van der Waals surface area contributed by atoms with Gasteiger partial charge in [0.2, 0.25) is 5.91 Å². The van der Waals surface area contributed by atoms with E-state index in [-0.39, 0.29) is 29.1 Å². The molecule has 0 unspecified atom stereocenters. The van der Waals surface area contributed by atoms with Crippen LogP contribution in [-0.2, 0) is 9.53 Å². The number of rotatable bonds is 5. The van der Waals surface area contributed by atoms with Crippen LogP contribution in [0.1, 0.15) is 48.0 Å². The van der Waals surface area contributed by atoms with Gasteiger partial charge in [-0.05, 0) is 32.6 Å². The number of hydrogen-bond donors (Lipinski definition) is 2. The molecule has 1 aliphatic rings. The predicted molar refractivity (Wildman–Crippen MR) is 73.5 cm³/mol. The third-order valence-corrected chi connectivity index (χ3v) is 3.00. The second kappa shape index (κ2) is 5.17. The van der Waals surface area contributed by atoms with Crippen LogP contribution >= 0.6 is 0 Å². The Bertz CT molecular complexity index is 301. The second-order valence-corrected chi connectivity index (χ2v) is 7.51. The quantitative estimate of drug-likeness (QED) is 0.787. The molecule has 0 saturated carbocycles. The van der Waals surface area contributed by atoms with Crippen LogP contribution < -0.4 is 10.6 Å². The van der Waals surface area contributed by atoms with Crippen molar-refractivity contribution in [2.45, 2.75) is 59.1 Å². The van der Waals surface area contributed by atoms with Gasteiger partial charge in [0, 0.05) is 18.6 Å². The molecule has 4 nitrogen and oxygen atoms in total. The third-order valence-electron chi connectivity index (χ3n) is 3.00. The topological polar surface area (TPSA) is 50.4 Å². The highest BCUT2D eigenvalue weighted by atomic mass is 16.5. The van der Waals surface area contributed by atoms with E-state index < -0.39 is 0 Å². The average Bonchev–Trinajstić information content (AvgIpc) is 2.06. The highest BCUT2D eigenvalue weighted by Gasteiger charge is 2.34. The zero-order valence-corrected chi connectivity index (χ0v) is 12.6. The summed E-state index contributed by atoms with van der Waals surface area (Å²) in [7, 11) is 0. The molecule has 0 spiro atoms. The van der Waals surface area contributed by atoms with E-state index in [1.54, 1.807) is 0 Å². The first kappa shape index (κ1) is 15.4. The van der Waals surface area contributed by atoms with Crippen LogP contribution in [0, 0.1) is 5.41 Å². The van der Waals surface area contributed by atoms with Crippen LogP contribution in [0.2, 0.25) is 0 Å². The highest BCUT2D eigenvalue weighted by molar-refractivity contribution is 5.78. The number of ether oxygens (including phenoxy) is 1. The summed E-state index contributed by atoms with van der Waals surface area (Å²) in [6.07, 6.45) is 0.935. The fourth-order valence-electron chi connectivity index (χ4n) is 2.60. The molecule has 1 fully saturated rings. The maximum atomic E-state index is 11.9. The van der Waals surface area contributed by atoms with Crippen LogP contribution in [-0.4, -0.2) is 36.7 Å². The van der Waals surface area contributed by atoms with Gasteiger partial charge in [0.25, 0.3) is 0 Å². The van der Waals surface area contributed by atoms with Gasteiger partial charge in [-0.25, -0.2) is 0 Å². The largest absolute Gasteiger partial charge is 0.363 e. The van der Waals surface area contributed by atoms with Crippen LogP contribution in [0.25, 0.3) is 0 Å². The molecular weight excluding hydrogens is 228 g/mol. The SMILES string of the molecule is CC(C)(C)CC(C)(C)NC(=O)COC1(C)CNC1. The van der Waals surface area contributed by atoms with Crippen molar-refractivity contribution in [1.82, 2.24) is 10.6 Å². The highest BCUT2D eigenvalue weighted by Crippen LogP contribution is 2.26. The van der Waals surface area contributed by atoms with Crippen molar-refractivity contribution >= 4 is 5.91 Å². The van der Waals surface area contributed by atoms with Crippen molar-refractivity contribution < 1.29 is 9.53 Å². The Morgan fingerprint density at radius 2 is 1.83 bits per heavy atom. The number of hydrogen-bond acceptors (Lipinski definition) is 3. The monoisotopic (exact) mass is 256 g/mol. The molecule has 0 radical (unpaired) electrons. The molecule has 0 aliphatic carbocycles.